The second-order valence-electron chi connectivity index (χ2n) is 7.94. The van der Waals surface area contributed by atoms with Crippen molar-refractivity contribution < 1.29 is 43.1 Å². The van der Waals surface area contributed by atoms with Gasteiger partial charge in [0.05, 0.1) is 26.7 Å². The summed E-state index contributed by atoms with van der Waals surface area (Å²) in [7, 11) is 2.88. The zero-order valence-corrected chi connectivity index (χ0v) is 17.7. The average molecular weight is 442 g/mol. The summed E-state index contributed by atoms with van der Waals surface area (Å²) in [5.74, 6) is -0.949. The highest BCUT2D eigenvalue weighted by molar-refractivity contribution is 5.79. The molecule has 0 radical (unpaired) electrons. The lowest BCUT2D eigenvalue weighted by atomic mass is 9.66. The lowest BCUT2D eigenvalue weighted by Gasteiger charge is -2.38. The molecule has 5 rings (SSSR count). The van der Waals surface area contributed by atoms with Gasteiger partial charge >= 0.3 is 11.9 Å². The smallest absolute Gasteiger partial charge is 0.310 e. The molecule has 1 N–H and O–H groups in total. The molecule has 168 valence electrons. The van der Waals surface area contributed by atoms with Crippen molar-refractivity contribution in [2.24, 2.45) is 11.8 Å². The van der Waals surface area contributed by atoms with E-state index in [9.17, 15) is 14.7 Å². The zero-order chi connectivity index (χ0) is 22.6. The first kappa shape index (κ1) is 20.3. The zero-order valence-electron chi connectivity index (χ0n) is 17.7. The van der Waals surface area contributed by atoms with Crippen molar-refractivity contribution in [2.75, 3.05) is 27.6 Å². The fraction of sp³-hybridized carbons (Fsp3) is 0.391. The van der Waals surface area contributed by atoms with Crippen LogP contribution in [-0.2, 0) is 19.1 Å². The molecule has 3 aliphatic rings. The van der Waals surface area contributed by atoms with Gasteiger partial charge in [-0.15, -0.1) is 0 Å². The molecule has 0 amide bonds. The molecule has 1 saturated heterocycles. The molecule has 9 heteroatoms. The molecule has 0 saturated carbocycles. The van der Waals surface area contributed by atoms with Crippen molar-refractivity contribution in [1.29, 1.82) is 0 Å². The maximum Gasteiger partial charge on any atom is 0.310 e. The Hall–Kier alpha value is -3.62. The number of carbonyl (C=O) groups excluding carboxylic acids is 2. The third-order valence-corrected chi connectivity index (χ3v) is 6.27. The first-order valence-electron chi connectivity index (χ1n) is 10.1. The number of phenolic OH excluding ortho intramolecular Hbond substituents is 1. The van der Waals surface area contributed by atoms with E-state index in [0.29, 0.717) is 17.1 Å². The third kappa shape index (κ3) is 2.99. The Morgan fingerprint density at radius 3 is 2.22 bits per heavy atom. The molecule has 1 fully saturated rings. The third-order valence-electron chi connectivity index (χ3n) is 6.27. The summed E-state index contributed by atoms with van der Waals surface area (Å²) in [6, 6.07) is 6.95. The number of cyclic esters (lactones) is 1. The average Bonchev–Trinajstić information content (AvgIpc) is 3.39. The SMILES string of the molecule is COc1cc([C@@H]2c3cc4c(cc3[C@H](OC(C)=O)[C@H]3COC(=O)[C@H]23)OCO4)cc(OC)c1O. The molecule has 9 nitrogen and oxygen atoms in total. The van der Waals surface area contributed by atoms with E-state index in [4.69, 9.17) is 28.4 Å². The number of rotatable bonds is 4. The Kier molecular flexibility index (Phi) is 4.76. The monoisotopic (exact) mass is 442 g/mol. The highest BCUT2D eigenvalue weighted by Gasteiger charge is 2.54. The van der Waals surface area contributed by atoms with Gasteiger partial charge in [0.15, 0.2) is 23.0 Å². The number of benzene rings is 2. The van der Waals surface area contributed by atoms with Gasteiger partial charge in [0, 0.05) is 24.3 Å². The first-order chi connectivity index (χ1) is 15.4. The van der Waals surface area contributed by atoms with Gasteiger partial charge in [-0.1, -0.05) is 0 Å². The molecule has 2 heterocycles. The Morgan fingerprint density at radius 2 is 1.62 bits per heavy atom. The minimum atomic E-state index is -0.675. The van der Waals surface area contributed by atoms with Crippen LogP contribution >= 0.6 is 0 Å². The highest BCUT2D eigenvalue weighted by Crippen LogP contribution is 2.56. The van der Waals surface area contributed by atoms with Crippen LogP contribution < -0.4 is 18.9 Å². The Balaban J connectivity index is 1.75. The second-order valence-corrected chi connectivity index (χ2v) is 7.94. The van der Waals surface area contributed by atoms with Crippen LogP contribution in [0.3, 0.4) is 0 Å². The Labute approximate surface area is 183 Å². The molecule has 2 aromatic carbocycles. The summed E-state index contributed by atoms with van der Waals surface area (Å²) in [5, 5.41) is 10.4. The molecule has 0 unspecified atom stereocenters. The standard InChI is InChI=1S/C23H22O9/c1-10(24)32-22-13-7-16-15(30-9-31-16)6-12(13)19(20-14(22)8-29-23(20)26)11-4-17(27-2)21(25)18(5-11)28-3/h4-7,14,19-20,22,25H,8-9H2,1-3H3/t14-,19+,20-,22-/m0/s1. The van der Waals surface area contributed by atoms with Gasteiger partial charge in [-0.2, -0.15) is 0 Å². The lowest BCUT2D eigenvalue weighted by Crippen LogP contribution is -2.36. The predicted molar refractivity (Wildman–Crippen MR) is 108 cm³/mol. The first-order valence-corrected chi connectivity index (χ1v) is 10.1. The van der Waals surface area contributed by atoms with Crippen LogP contribution in [0, 0.1) is 11.8 Å². The molecule has 0 aromatic heterocycles. The quantitative estimate of drug-likeness (QED) is 0.715. The lowest BCUT2D eigenvalue weighted by molar-refractivity contribution is -0.152. The topological polar surface area (TPSA) is 110 Å². The number of carbonyl (C=O) groups is 2. The van der Waals surface area contributed by atoms with E-state index in [1.54, 1.807) is 18.2 Å². The van der Waals surface area contributed by atoms with Crippen LogP contribution in [0.1, 0.15) is 35.6 Å². The number of aromatic hydroxyl groups is 1. The molecule has 4 atom stereocenters. The van der Waals surface area contributed by atoms with Gasteiger partial charge in [0.2, 0.25) is 12.5 Å². The molecule has 0 bridgehead atoms. The summed E-state index contributed by atoms with van der Waals surface area (Å²) < 4.78 is 32.9. The fourth-order valence-corrected chi connectivity index (χ4v) is 4.94. The number of methoxy groups -OCH3 is 2. The summed E-state index contributed by atoms with van der Waals surface area (Å²) >= 11 is 0. The maximum atomic E-state index is 12.9. The van der Waals surface area contributed by atoms with E-state index >= 15 is 0 Å². The number of esters is 2. The normalized spacial score (nSPS) is 24.9. The Bertz CT molecular complexity index is 1080. The van der Waals surface area contributed by atoms with E-state index in [1.807, 2.05) is 6.07 Å². The summed E-state index contributed by atoms with van der Waals surface area (Å²) in [5.41, 5.74) is 2.15. The molecule has 2 aromatic rings. The number of hydrogen-bond donors (Lipinski definition) is 1. The molecule has 2 aliphatic heterocycles. The van der Waals surface area contributed by atoms with Crippen molar-refractivity contribution in [2.45, 2.75) is 18.9 Å². The van der Waals surface area contributed by atoms with Gasteiger partial charge < -0.3 is 33.5 Å². The minimum absolute atomic E-state index is 0.0802. The van der Waals surface area contributed by atoms with E-state index in [0.717, 1.165) is 11.1 Å². The largest absolute Gasteiger partial charge is 0.502 e. The van der Waals surface area contributed by atoms with Crippen molar-refractivity contribution in [1.82, 2.24) is 0 Å². The van der Waals surface area contributed by atoms with Crippen molar-refractivity contribution in [3.8, 4) is 28.7 Å². The summed E-state index contributed by atoms with van der Waals surface area (Å²) in [6.45, 7) is 1.54. The van der Waals surface area contributed by atoms with Gasteiger partial charge in [-0.25, -0.2) is 0 Å². The van der Waals surface area contributed by atoms with Gasteiger partial charge in [0.1, 0.15) is 6.10 Å². The van der Waals surface area contributed by atoms with Gasteiger partial charge in [-0.05, 0) is 35.4 Å². The maximum absolute atomic E-state index is 12.9. The van der Waals surface area contributed by atoms with Gasteiger partial charge in [-0.3, -0.25) is 9.59 Å². The number of ether oxygens (including phenoxy) is 6. The molecular formula is C23H22O9. The van der Waals surface area contributed by atoms with Crippen molar-refractivity contribution in [3.63, 3.8) is 0 Å². The molecule has 0 spiro atoms. The highest BCUT2D eigenvalue weighted by atomic mass is 16.7. The van der Waals surface area contributed by atoms with Crippen LogP contribution in [0.4, 0.5) is 0 Å². The second kappa shape index (κ2) is 7.51. The van der Waals surface area contributed by atoms with E-state index in [2.05, 4.69) is 0 Å². The van der Waals surface area contributed by atoms with Crippen LogP contribution in [0.5, 0.6) is 28.7 Å². The predicted octanol–water partition coefficient (Wildman–Crippen LogP) is 2.68. The number of hydrogen-bond acceptors (Lipinski definition) is 9. The number of phenols is 1. The number of fused-ring (bicyclic) bond motifs is 3. The van der Waals surface area contributed by atoms with Crippen molar-refractivity contribution in [3.05, 3.63) is 41.0 Å². The summed E-state index contributed by atoms with van der Waals surface area (Å²) in [6.07, 6.45) is -0.675. The van der Waals surface area contributed by atoms with E-state index < -0.39 is 29.8 Å². The van der Waals surface area contributed by atoms with Crippen LogP contribution in [-0.4, -0.2) is 44.7 Å². The molecule has 1 aliphatic carbocycles. The van der Waals surface area contributed by atoms with E-state index in [1.165, 1.54) is 21.1 Å². The Morgan fingerprint density at radius 1 is 1.00 bits per heavy atom. The minimum Gasteiger partial charge on any atom is -0.502 e. The molecular weight excluding hydrogens is 420 g/mol. The fourth-order valence-electron chi connectivity index (χ4n) is 4.94. The summed E-state index contributed by atoms with van der Waals surface area (Å²) in [4.78, 5) is 24.8. The van der Waals surface area contributed by atoms with E-state index in [-0.39, 0.29) is 36.6 Å². The molecule has 32 heavy (non-hydrogen) atoms. The van der Waals surface area contributed by atoms with Gasteiger partial charge in [0.25, 0.3) is 0 Å². The van der Waals surface area contributed by atoms with Crippen LogP contribution in [0.25, 0.3) is 0 Å². The van der Waals surface area contributed by atoms with Crippen LogP contribution in [0.2, 0.25) is 0 Å². The van der Waals surface area contributed by atoms with Crippen molar-refractivity contribution >= 4 is 11.9 Å². The van der Waals surface area contributed by atoms with Crippen LogP contribution in [0.15, 0.2) is 24.3 Å².